The van der Waals surface area contributed by atoms with Gasteiger partial charge in [0, 0.05) is 5.56 Å². The maximum absolute atomic E-state index is 12.4. The summed E-state index contributed by atoms with van der Waals surface area (Å²) in [6.07, 6.45) is 0. The lowest BCUT2D eigenvalue weighted by atomic mass is 10.1. The smallest absolute Gasteiger partial charge is 0.360 e. The van der Waals surface area contributed by atoms with E-state index in [1.807, 2.05) is 0 Å². The van der Waals surface area contributed by atoms with Crippen LogP contribution in [-0.2, 0) is 9.84 Å². The molecule has 0 saturated carbocycles. The molecule has 2 aromatic rings. The molecule has 0 amide bonds. The lowest BCUT2D eigenvalue weighted by Gasteiger charge is -2.02. The van der Waals surface area contributed by atoms with Crippen molar-refractivity contribution in [1.29, 1.82) is 0 Å². The van der Waals surface area contributed by atoms with Crippen LogP contribution in [0, 0.1) is 6.92 Å². The number of nitrogens with zero attached hydrogens (tertiary/aromatic N) is 2. The minimum absolute atomic E-state index is 0.0975. The monoisotopic (exact) mass is 300 g/mol. The van der Waals surface area contributed by atoms with Gasteiger partial charge in [0.05, 0.1) is 4.90 Å². The van der Waals surface area contributed by atoms with Crippen LogP contribution in [0.25, 0.3) is 5.53 Å². The molecule has 0 aliphatic heterocycles. The molecule has 0 heterocycles. The van der Waals surface area contributed by atoms with Gasteiger partial charge in [0.2, 0.25) is 0 Å². The van der Waals surface area contributed by atoms with Crippen LogP contribution in [-0.4, -0.2) is 24.0 Å². The first-order chi connectivity index (χ1) is 9.98. The predicted molar refractivity (Wildman–Crippen MR) is 77.8 cm³/mol. The van der Waals surface area contributed by atoms with Gasteiger partial charge in [0.15, 0.2) is 0 Å². The molecule has 2 rings (SSSR count). The quantitative estimate of drug-likeness (QED) is 0.286. The summed E-state index contributed by atoms with van der Waals surface area (Å²) in [7, 11) is -4.16. The van der Waals surface area contributed by atoms with Crippen LogP contribution < -0.4 is 0 Å². The van der Waals surface area contributed by atoms with Gasteiger partial charge in [0.25, 0.3) is 15.6 Å². The molecular weight excluding hydrogens is 288 g/mol. The Kier molecular flexibility index (Phi) is 4.12. The molecular formula is C15H12N2O3S. The Bertz CT molecular complexity index is 836. The molecule has 21 heavy (non-hydrogen) atoms. The van der Waals surface area contributed by atoms with Crippen LogP contribution in [0.15, 0.2) is 59.5 Å². The summed E-state index contributed by atoms with van der Waals surface area (Å²) in [4.78, 5) is 15.0. The van der Waals surface area contributed by atoms with Gasteiger partial charge in [-0.15, -0.1) is 4.79 Å². The molecule has 0 radical (unpaired) electrons. The second kappa shape index (κ2) is 5.83. The summed E-state index contributed by atoms with van der Waals surface area (Å²) in [6, 6.07) is 13.9. The van der Waals surface area contributed by atoms with E-state index in [0.29, 0.717) is 5.56 Å². The van der Waals surface area contributed by atoms with Crippen molar-refractivity contribution in [3.8, 4) is 0 Å². The Hall–Kier alpha value is -2.56. The van der Waals surface area contributed by atoms with Crippen molar-refractivity contribution >= 4 is 20.7 Å². The highest BCUT2D eigenvalue weighted by atomic mass is 32.2. The standard InChI is InChI=1S/C15H12N2O3S/c1-11-7-5-6-10-13(11)14(18)15(17-16)21(19,20)12-8-3-2-4-9-12/h2-10H,1H3. The number of rotatable bonds is 3. The summed E-state index contributed by atoms with van der Waals surface area (Å²) < 4.78 is 24.8. The molecule has 5 nitrogen and oxygen atoms in total. The fourth-order valence-electron chi connectivity index (χ4n) is 1.88. The predicted octanol–water partition coefficient (Wildman–Crippen LogP) is 2.28. The van der Waals surface area contributed by atoms with Crippen LogP contribution in [0.3, 0.4) is 0 Å². The average Bonchev–Trinajstić information content (AvgIpc) is 2.49. The Morgan fingerprint density at radius 3 is 2.14 bits per heavy atom. The summed E-state index contributed by atoms with van der Waals surface area (Å²) in [5, 5.41) is -0.886. The number of aryl methyl sites for hydroxylation is 1. The van der Waals surface area contributed by atoms with Gasteiger partial charge < -0.3 is 5.53 Å². The van der Waals surface area contributed by atoms with Gasteiger partial charge in [-0.3, -0.25) is 4.79 Å². The van der Waals surface area contributed by atoms with Crippen molar-refractivity contribution in [2.24, 2.45) is 0 Å². The zero-order valence-electron chi connectivity index (χ0n) is 11.2. The molecule has 0 spiro atoms. The third-order valence-electron chi connectivity index (χ3n) is 2.98. The summed E-state index contributed by atoms with van der Waals surface area (Å²) in [5.41, 5.74) is 9.82. The van der Waals surface area contributed by atoms with Crippen LogP contribution in [0.5, 0.6) is 0 Å². The van der Waals surface area contributed by atoms with Crippen molar-refractivity contribution in [2.75, 3.05) is 0 Å². The number of carbonyl (C=O) groups excluding carboxylic acids is 1. The third kappa shape index (κ3) is 2.81. The van der Waals surface area contributed by atoms with E-state index in [-0.39, 0.29) is 10.5 Å². The molecule has 0 aliphatic rings. The average molecular weight is 300 g/mol. The van der Waals surface area contributed by atoms with Gasteiger partial charge >= 0.3 is 5.04 Å². The SMILES string of the molecule is Cc1ccccc1C(=O)C(=[N+]=[N-])S(=O)(=O)c1ccccc1. The zero-order valence-corrected chi connectivity index (χ0v) is 12.0. The molecule has 6 heteroatoms. The molecule has 0 N–H and O–H groups in total. The van der Waals surface area contributed by atoms with E-state index in [1.54, 1.807) is 31.2 Å². The first-order valence-electron chi connectivity index (χ1n) is 6.11. The van der Waals surface area contributed by atoms with Gasteiger partial charge in [-0.25, -0.2) is 8.42 Å². The largest absolute Gasteiger partial charge is 0.456 e. The summed E-state index contributed by atoms with van der Waals surface area (Å²) in [5.74, 6) is -0.834. The molecule has 2 aromatic carbocycles. The topological polar surface area (TPSA) is 87.6 Å². The van der Waals surface area contributed by atoms with Crippen molar-refractivity contribution in [3.63, 3.8) is 0 Å². The zero-order chi connectivity index (χ0) is 15.5. The first kappa shape index (κ1) is 14.8. The number of carbonyl (C=O) groups is 1. The third-order valence-corrected chi connectivity index (χ3v) is 4.65. The maximum atomic E-state index is 12.4. The molecule has 0 atom stereocenters. The maximum Gasteiger partial charge on any atom is 0.456 e. The van der Waals surface area contributed by atoms with Gasteiger partial charge in [-0.2, -0.15) is 0 Å². The highest BCUT2D eigenvalue weighted by Crippen LogP contribution is 2.16. The van der Waals surface area contributed by atoms with E-state index in [0.717, 1.165) is 0 Å². The molecule has 0 fully saturated rings. The van der Waals surface area contributed by atoms with E-state index in [1.165, 1.54) is 30.3 Å². The van der Waals surface area contributed by atoms with Crippen LogP contribution >= 0.6 is 0 Å². The van der Waals surface area contributed by atoms with Gasteiger partial charge in [0.1, 0.15) is 0 Å². The molecule has 0 saturated heterocycles. The van der Waals surface area contributed by atoms with Crippen molar-refractivity contribution in [3.05, 3.63) is 71.3 Å². The molecule has 106 valence electrons. The minimum Gasteiger partial charge on any atom is -0.360 e. The molecule has 0 aliphatic carbocycles. The number of hydrogen-bond donors (Lipinski definition) is 0. The molecule has 0 aromatic heterocycles. The number of sulfone groups is 1. The van der Waals surface area contributed by atoms with E-state index in [4.69, 9.17) is 5.53 Å². The second-order valence-corrected chi connectivity index (χ2v) is 6.23. The second-order valence-electron chi connectivity index (χ2n) is 4.37. The molecule has 0 bridgehead atoms. The Labute approximate surface area is 122 Å². The van der Waals surface area contributed by atoms with Crippen molar-refractivity contribution < 1.29 is 18.0 Å². The molecule has 0 unspecified atom stereocenters. The fraction of sp³-hybridized carbons (Fsp3) is 0.0667. The number of Topliss-reactive ketones (excluding diaryl/α,β-unsaturated/α-hetero) is 1. The Morgan fingerprint density at radius 1 is 1.00 bits per heavy atom. The summed E-state index contributed by atoms with van der Waals surface area (Å²) in [6.45, 7) is 1.68. The van der Waals surface area contributed by atoms with Crippen LogP contribution in [0.2, 0.25) is 0 Å². The van der Waals surface area contributed by atoms with E-state index < -0.39 is 20.7 Å². The van der Waals surface area contributed by atoms with Crippen LogP contribution in [0.1, 0.15) is 15.9 Å². The van der Waals surface area contributed by atoms with E-state index in [2.05, 4.69) is 4.79 Å². The van der Waals surface area contributed by atoms with Crippen LogP contribution in [0.4, 0.5) is 0 Å². The van der Waals surface area contributed by atoms with Gasteiger partial charge in [-0.1, -0.05) is 42.5 Å². The van der Waals surface area contributed by atoms with Gasteiger partial charge in [-0.05, 0) is 24.6 Å². The lowest BCUT2D eigenvalue weighted by Crippen LogP contribution is -2.26. The number of benzene rings is 2. The van der Waals surface area contributed by atoms with E-state index in [9.17, 15) is 13.2 Å². The Morgan fingerprint density at radius 2 is 1.57 bits per heavy atom. The fourth-order valence-corrected chi connectivity index (χ4v) is 3.08. The Balaban J connectivity index is 2.54. The van der Waals surface area contributed by atoms with Crippen molar-refractivity contribution in [2.45, 2.75) is 11.8 Å². The number of hydrogen-bond acceptors (Lipinski definition) is 3. The lowest BCUT2D eigenvalue weighted by molar-refractivity contribution is -0.00159. The van der Waals surface area contributed by atoms with E-state index >= 15 is 0 Å². The summed E-state index contributed by atoms with van der Waals surface area (Å²) >= 11 is 0. The number of ketones is 1. The van der Waals surface area contributed by atoms with Crippen molar-refractivity contribution in [1.82, 2.24) is 0 Å². The normalized spacial score (nSPS) is 10.7. The highest BCUT2D eigenvalue weighted by Gasteiger charge is 2.38. The minimum atomic E-state index is -4.16. The highest BCUT2D eigenvalue weighted by molar-refractivity contribution is 8.08. The first-order valence-corrected chi connectivity index (χ1v) is 7.59.